The minimum Gasteiger partial charge on any atom is -0.506 e. The molecule has 0 saturated heterocycles. The van der Waals surface area contributed by atoms with Crippen LogP contribution in [0.5, 0.6) is 5.75 Å². The summed E-state index contributed by atoms with van der Waals surface area (Å²) in [6.45, 7) is 0.168. The van der Waals surface area contributed by atoms with Gasteiger partial charge in [0, 0.05) is 6.07 Å². The number of phenols is 1. The van der Waals surface area contributed by atoms with E-state index in [9.17, 15) is 18.3 Å². The van der Waals surface area contributed by atoms with Crippen molar-refractivity contribution in [2.24, 2.45) is 5.14 Å². The second-order valence-corrected chi connectivity index (χ2v) is 5.68. The minimum atomic E-state index is -4.22. The first-order valence-corrected chi connectivity index (χ1v) is 7.23. The fraction of sp³-hybridized carbons (Fsp3) is 0.0833. The standard InChI is InChI=1S/C12H12N2O6S/c13-21(18,19)11-4-8(12(16)17)9(5-10(11)15)14-6-7-2-1-3-20-7/h1-5,14-15H,6H2,(H,16,17)(H2,13,18,19). The zero-order chi connectivity index (χ0) is 15.6. The summed E-state index contributed by atoms with van der Waals surface area (Å²) in [4.78, 5) is 10.5. The lowest BCUT2D eigenvalue weighted by atomic mass is 10.1. The molecular formula is C12H12N2O6S. The van der Waals surface area contributed by atoms with Gasteiger partial charge < -0.3 is 19.9 Å². The molecule has 5 N–H and O–H groups in total. The number of carboxylic acid groups (broad SMARTS) is 1. The summed E-state index contributed by atoms with van der Waals surface area (Å²) in [7, 11) is -4.22. The zero-order valence-electron chi connectivity index (χ0n) is 10.6. The fourth-order valence-electron chi connectivity index (χ4n) is 1.71. The van der Waals surface area contributed by atoms with E-state index in [0.717, 1.165) is 12.1 Å². The summed E-state index contributed by atoms with van der Waals surface area (Å²) in [5, 5.41) is 26.5. The number of aromatic hydroxyl groups is 1. The van der Waals surface area contributed by atoms with Crippen LogP contribution in [0.2, 0.25) is 0 Å². The monoisotopic (exact) mass is 312 g/mol. The third kappa shape index (κ3) is 3.33. The Hall–Kier alpha value is -2.52. The molecule has 0 bridgehead atoms. The Morgan fingerprint density at radius 1 is 1.38 bits per heavy atom. The number of aromatic carboxylic acids is 1. The molecule has 112 valence electrons. The lowest BCUT2D eigenvalue weighted by molar-refractivity contribution is 0.0697. The van der Waals surface area contributed by atoms with E-state index >= 15 is 0 Å². The molecule has 2 aromatic rings. The molecule has 0 fully saturated rings. The molecule has 21 heavy (non-hydrogen) atoms. The van der Waals surface area contributed by atoms with Gasteiger partial charge in [-0.15, -0.1) is 0 Å². The molecule has 1 heterocycles. The van der Waals surface area contributed by atoms with E-state index in [1.165, 1.54) is 6.26 Å². The quantitative estimate of drug-likeness (QED) is 0.643. The van der Waals surface area contributed by atoms with Crippen LogP contribution in [-0.4, -0.2) is 24.6 Å². The SMILES string of the molecule is NS(=O)(=O)c1cc(C(=O)O)c(NCc2ccco2)cc1O. The van der Waals surface area contributed by atoms with Gasteiger partial charge in [-0.1, -0.05) is 0 Å². The number of rotatable bonds is 5. The van der Waals surface area contributed by atoms with Crippen LogP contribution >= 0.6 is 0 Å². The summed E-state index contributed by atoms with van der Waals surface area (Å²) in [5.41, 5.74) is -0.285. The highest BCUT2D eigenvalue weighted by Crippen LogP contribution is 2.29. The topological polar surface area (TPSA) is 143 Å². The highest BCUT2D eigenvalue weighted by molar-refractivity contribution is 7.89. The Morgan fingerprint density at radius 3 is 2.62 bits per heavy atom. The second kappa shape index (κ2) is 5.46. The number of sulfonamides is 1. The van der Waals surface area contributed by atoms with Crippen LogP contribution < -0.4 is 10.5 Å². The molecule has 0 aliphatic carbocycles. The van der Waals surface area contributed by atoms with E-state index in [4.69, 9.17) is 14.7 Å². The summed E-state index contributed by atoms with van der Waals surface area (Å²) < 4.78 is 27.6. The number of nitrogens with one attached hydrogen (secondary N) is 1. The van der Waals surface area contributed by atoms with E-state index in [-0.39, 0.29) is 17.8 Å². The molecule has 1 aromatic carbocycles. The first-order valence-electron chi connectivity index (χ1n) is 5.68. The lowest BCUT2D eigenvalue weighted by Crippen LogP contribution is -2.14. The maximum absolute atomic E-state index is 11.3. The Balaban J connectivity index is 2.41. The smallest absolute Gasteiger partial charge is 0.337 e. The van der Waals surface area contributed by atoms with Gasteiger partial charge in [-0.25, -0.2) is 18.4 Å². The van der Waals surface area contributed by atoms with E-state index in [1.54, 1.807) is 12.1 Å². The van der Waals surface area contributed by atoms with Crippen molar-refractivity contribution in [1.29, 1.82) is 0 Å². The van der Waals surface area contributed by atoms with Crippen molar-refractivity contribution in [2.75, 3.05) is 5.32 Å². The van der Waals surface area contributed by atoms with Gasteiger partial charge in [-0.2, -0.15) is 0 Å². The average molecular weight is 312 g/mol. The van der Waals surface area contributed by atoms with Crippen molar-refractivity contribution in [3.8, 4) is 5.75 Å². The van der Waals surface area contributed by atoms with Crippen LogP contribution in [0.3, 0.4) is 0 Å². The summed E-state index contributed by atoms with van der Waals surface area (Å²) in [6, 6.07) is 5.13. The van der Waals surface area contributed by atoms with Crippen molar-refractivity contribution in [2.45, 2.75) is 11.4 Å². The highest BCUT2D eigenvalue weighted by atomic mass is 32.2. The van der Waals surface area contributed by atoms with Gasteiger partial charge in [0.2, 0.25) is 10.0 Å². The molecule has 0 aliphatic heterocycles. The Morgan fingerprint density at radius 2 is 2.10 bits per heavy atom. The van der Waals surface area contributed by atoms with E-state index in [1.807, 2.05) is 0 Å². The number of carboxylic acids is 1. The molecule has 0 saturated carbocycles. The van der Waals surface area contributed by atoms with Crippen LogP contribution in [-0.2, 0) is 16.6 Å². The first kappa shape index (κ1) is 14.9. The van der Waals surface area contributed by atoms with Crippen LogP contribution in [0.4, 0.5) is 5.69 Å². The number of hydrogen-bond acceptors (Lipinski definition) is 6. The molecule has 0 spiro atoms. The van der Waals surface area contributed by atoms with Gasteiger partial charge in [0.05, 0.1) is 24.1 Å². The van der Waals surface area contributed by atoms with Crippen LogP contribution in [0, 0.1) is 0 Å². The Kier molecular flexibility index (Phi) is 3.87. The van der Waals surface area contributed by atoms with E-state index in [0.29, 0.717) is 5.76 Å². The molecular weight excluding hydrogens is 300 g/mol. The third-order valence-electron chi connectivity index (χ3n) is 2.67. The predicted molar refractivity (Wildman–Crippen MR) is 72.5 cm³/mol. The second-order valence-electron chi connectivity index (χ2n) is 4.15. The average Bonchev–Trinajstić information content (AvgIpc) is 2.87. The van der Waals surface area contributed by atoms with Crippen molar-refractivity contribution < 1.29 is 27.8 Å². The lowest BCUT2D eigenvalue weighted by Gasteiger charge is -2.11. The van der Waals surface area contributed by atoms with Crippen LogP contribution in [0.15, 0.2) is 39.8 Å². The maximum Gasteiger partial charge on any atom is 0.337 e. The van der Waals surface area contributed by atoms with Gasteiger partial charge in [0.25, 0.3) is 0 Å². The van der Waals surface area contributed by atoms with Gasteiger partial charge >= 0.3 is 5.97 Å². The van der Waals surface area contributed by atoms with Gasteiger partial charge in [0.15, 0.2) is 0 Å². The molecule has 2 rings (SSSR count). The summed E-state index contributed by atoms with van der Waals surface area (Å²) in [6.07, 6.45) is 1.46. The highest BCUT2D eigenvalue weighted by Gasteiger charge is 2.20. The molecule has 0 unspecified atom stereocenters. The maximum atomic E-state index is 11.3. The normalized spacial score (nSPS) is 11.3. The molecule has 0 amide bonds. The van der Waals surface area contributed by atoms with Gasteiger partial charge in [0.1, 0.15) is 16.4 Å². The molecule has 8 nitrogen and oxygen atoms in total. The number of phenolic OH excluding ortho intramolecular Hbond substituents is 1. The molecule has 9 heteroatoms. The van der Waals surface area contributed by atoms with Crippen molar-refractivity contribution in [3.05, 3.63) is 41.9 Å². The van der Waals surface area contributed by atoms with Crippen molar-refractivity contribution >= 4 is 21.7 Å². The minimum absolute atomic E-state index is 0.0452. The number of carbonyl (C=O) groups is 1. The molecule has 1 aromatic heterocycles. The van der Waals surface area contributed by atoms with E-state index < -0.39 is 26.6 Å². The number of nitrogens with two attached hydrogens (primary N) is 1. The zero-order valence-corrected chi connectivity index (χ0v) is 11.4. The number of hydrogen-bond donors (Lipinski definition) is 4. The summed E-state index contributed by atoms with van der Waals surface area (Å²) in [5.74, 6) is -1.45. The molecule has 0 atom stereocenters. The van der Waals surface area contributed by atoms with Gasteiger partial charge in [-0.05, 0) is 18.2 Å². The largest absolute Gasteiger partial charge is 0.506 e. The molecule has 0 aliphatic rings. The summed E-state index contributed by atoms with van der Waals surface area (Å²) >= 11 is 0. The Labute approximate surface area is 119 Å². The number of anilines is 1. The van der Waals surface area contributed by atoms with Gasteiger partial charge in [-0.3, -0.25) is 0 Å². The van der Waals surface area contributed by atoms with Crippen molar-refractivity contribution in [3.63, 3.8) is 0 Å². The number of primary sulfonamides is 1. The molecule has 0 radical (unpaired) electrons. The number of furan rings is 1. The number of benzene rings is 1. The first-order chi connectivity index (χ1) is 9.79. The fourth-order valence-corrected chi connectivity index (χ4v) is 2.35. The van der Waals surface area contributed by atoms with Crippen LogP contribution in [0.1, 0.15) is 16.1 Å². The Bertz CT molecular complexity index is 767. The third-order valence-corrected chi connectivity index (χ3v) is 3.61. The van der Waals surface area contributed by atoms with E-state index in [2.05, 4.69) is 5.32 Å². The van der Waals surface area contributed by atoms with Crippen molar-refractivity contribution in [1.82, 2.24) is 0 Å². The van der Waals surface area contributed by atoms with Crippen LogP contribution in [0.25, 0.3) is 0 Å². The predicted octanol–water partition coefficient (Wildman–Crippen LogP) is 0.943.